The number of ether oxygens (including phenoxy) is 1. The molecule has 0 saturated carbocycles. The van der Waals surface area contributed by atoms with E-state index in [9.17, 15) is 14.9 Å². The van der Waals surface area contributed by atoms with Gasteiger partial charge >= 0.3 is 0 Å². The first-order valence-electron chi connectivity index (χ1n) is 5.34. The average Bonchev–Trinajstić information content (AvgIpc) is 2.38. The van der Waals surface area contributed by atoms with Gasteiger partial charge in [0.1, 0.15) is 0 Å². The molecule has 0 saturated heterocycles. The molecule has 0 aliphatic carbocycles. The molecule has 104 valence electrons. The van der Waals surface area contributed by atoms with Gasteiger partial charge in [-0.1, -0.05) is 11.6 Å². The number of nitrogens with zero attached hydrogens (tertiary/aromatic N) is 1. The van der Waals surface area contributed by atoms with Crippen LogP contribution in [0.3, 0.4) is 0 Å². The molecular weight excluding hydrogens is 276 g/mol. The van der Waals surface area contributed by atoms with E-state index in [-0.39, 0.29) is 29.5 Å². The van der Waals surface area contributed by atoms with E-state index >= 15 is 0 Å². The number of benzene rings is 1. The first kappa shape index (κ1) is 15.4. The third-order valence-corrected chi connectivity index (χ3v) is 2.66. The summed E-state index contributed by atoms with van der Waals surface area (Å²) in [7, 11) is 1.43. The van der Waals surface area contributed by atoms with Crippen LogP contribution in [0, 0.1) is 10.1 Å². The number of aliphatic hydroxyl groups is 1. The second-order valence-corrected chi connectivity index (χ2v) is 4.14. The van der Waals surface area contributed by atoms with E-state index in [1.54, 1.807) is 0 Å². The molecule has 0 spiro atoms. The van der Waals surface area contributed by atoms with Crippen LogP contribution in [-0.2, 0) is 4.74 Å². The molecule has 2 N–H and O–H groups in total. The quantitative estimate of drug-likeness (QED) is 0.600. The number of carbonyl (C=O) groups is 1. The molecule has 0 aromatic heterocycles. The SMILES string of the molecule is COCC(CO)NC(=O)c1cc([N+](=O)[O-])ccc1Cl. The monoisotopic (exact) mass is 288 g/mol. The fraction of sp³-hybridized carbons (Fsp3) is 0.364. The van der Waals surface area contributed by atoms with Crippen LogP contribution in [0.2, 0.25) is 5.02 Å². The van der Waals surface area contributed by atoms with E-state index in [0.717, 1.165) is 6.07 Å². The lowest BCUT2D eigenvalue weighted by atomic mass is 10.1. The standard InChI is InChI=1S/C11H13ClN2O5/c1-19-6-7(5-15)13-11(16)9-4-8(14(17)18)2-3-10(9)12/h2-4,7,15H,5-6H2,1H3,(H,13,16). The molecule has 0 fully saturated rings. The Morgan fingerprint density at radius 3 is 2.84 bits per heavy atom. The largest absolute Gasteiger partial charge is 0.394 e. The van der Waals surface area contributed by atoms with Gasteiger partial charge in [0.05, 0.1) is 34.8 Å². The van der Waals surface area contributed by atoms with Gasteiger partial charge in [0.25, 0.3) is 11.6 Å². The molecule has 1 amide bonds. The zero-order valence-electron chi connectivity index (χ0n) is 10.1. The number of halogens is 1. The molecule has 1 atom stereocenters. The number of nitro groups is 1. The van der Waals surface area contributed by atoms with E-state index in [4.69, 9.17) is 21.4 Å². The van der Waals surface area contributed by atoms with Gasteiger partial charge in [-0.3, -0.25) is 14.9 Å². The van der Waals surface area contributed by atoms with E-state index in [2.05, 4.69) is 5.32 Å². The third-order valence-electron chi connectivity index (χ3n) is 2.33. The van der Waals surface area contributed by atoms with Crippen LogP contribution in [0.15, 0.2) is 18.2 Å². The number of aliphatic hydroxyl groups excluding tert-OH is 1. The molecule has 0 heterocycles. The van der Waals surface area contributed by atoms with Crippen molar-refractivity contribution in [1.29, 1.82) is 0 Å². The topological polar surface area (TPSA) is 102 Å². The van der Waals surface area contributed by atoms with Crippen LogP contribution in [0.25, 0.3) is 0 Å². The molecule has 0 aliphatic heterocycles. The maximum absolute atomic E-state index is 11.9. The summed E-state index contributed by atoms with van der Waals surface area (Å²) in [5.74, 6) is -0.607. The first-order valence-corrected chi connectivity index (χ1v) is 5.72. The molecule has 1 aromatic carbocycles. The number of hydrogen-bond donors (Lipinski definition) is 2. The van der Waals surface area contributed by atoms with Gasteiger partial charge in [-0.2, -0.15) is 0 Å². The van der Waals surface area contributed by atoms with Gasteiger partial charge in [0, 0.05) is 19.2 Å². The molecular formula is C11H13ClN2O5. The van der Waals surface area contributed by atoms with Gasteiger partial charge in [0.15, 0.2) is 0 Å². The maximum atomic E-state index is 11.9. The van der Waals surface area contributed by atoms with Crippen molar-refractivity contribution in [2.45, 2.75) is 6.04 Å². The van der Waals surface area contributed by atoms with Crippen molar-refractivity contribution in [3.05, 3.63) is 38.9 Å². The van der Waals surface area contributed by atoms with Crippen LogP contribution >= 0.6 is 11.6 Å². The summed E-state index contributed by atoms with van der Waals surface area (Å²) in [4.78, 5) is 21.9. The molecule has 0 radical (unpaired) electrons. The molecule has 19 heavy (non-hydrogen) atoms. The van der Waals surface area contributed by atoms with Crippen molar-refractivity contribution >= 4 is 23.2 Å². The predicted octanol–water partition coefficient (Wildman–Crippen LogP) is 0.985. The highest BCUT2D eigenvalue weighted by Gasteiger charge is 2.18. The summed E-state index contributed by atoms with van der Waals surface area (Å²) < 4.78 is 4.81. The second-order valence-electron chi connectivity index (χ2n) is 3.73. The fourth-order valence-electron chi connectivity index (χ4n) is 1.41. The van der Waals surface area contributed by atoms with E-state index in [1.165, 1.54) is 19.2 Å². The predicted molar refractivity (Wildman–Crippen MR) is 68.3 cm³/mol. The summed E-state index contributed by atoms with van der Waals surface area (Å²) in [6, 6.07) is 2.96. The van der Waals surface area contributed by atoms with Crippen LogP contribution in [-0.4, -0.2) is 42.3 Å². The van der Waals surface area contributed by atoms with Crippen molar-refractivity contribution in [3.8, 4) is 0 Å². The number of non-ortho nitro benzene ring substituents is 1. The summed E-state index contributed by atoms with van der Waals surface area (Å²) in [5, 5.41) is 22.2. The van der Waals surface area contributed by atoms with Crippen molar-refractivity contribution in [1.82, 2.24) is 5.32 Å². The number of rotatable bonds is 6. The zero-order valence-corrected chi connectivity index (χ0v) is 10.9. The fourth-order valence-corrected chi connectivity index (χ4v) is 1.61. The minimum absolute atomic E-state index is 0.0228. The van der Waals surface area contributed by atoms with Gasteiger partial charge in [0.2, 0.25) is 0 Å². The Hall–Kier alpha value is -1.70. The lowest BCUT2D eigenvalue weighted by Gasteiger charge is -2.15. The number of methoxy groups -OCH3 is 1. The second kappa shape index (κ2) is 7.03. The van der Waals surface area contributed by atoms with Crippen molar-refractivity contribution in [2.75, 3.05) is 20.3 Å². The summed E-state index contributed by atoms with van der Waals surface area (Å²) in [6.45, 7) is -0.194. The summed E-state index contributed by atoms with van der Waals surface area (Å²) in [6.07, 6.45) is 0. The highest BCUT2D eigenvalue weighted by atomic mass is 35.5. The lowest BCUT2D eigenvalue weighted by molar-refractivity contribution is -0.384. The molecule has 7 nitrogen and oxygen atoms in total. The molecule has 8 heteroatoms. The molecule has 1 unspecified atom stereocenters. The zero-order chi connectivity index (χ0) is 14.4. The minimum atomic E-state index is -0.619. The van der Waals surface area contributed by atoms with E-state index < -0.39 is 16.9 Å². The summed E-state index contributed by atoms with van der Waals surface area (Å²) >= 11 is 5.82. The van der Waals surface area contributed by atoms with Crippen molar-refractivity contribution < 1.29 is 19.6 Å². The van der Waals surface area contributed by atoms with Crippen LogP contribution in [0.5, 0.6) is 0 Å². The number of nitrogens with one attached hydrogen (secondary N) is 1. The van der Waals surface area contributed by atoms with Gasteiger partial charge in [-0.15, -0.1) is 0 Å². The maximum Gasteiger partial charge on any atom is 0.270 e. The van der Waals surface area contributed by atoms with Crippen LogP contribution in [0.1, 0.15) is 10.4 Å². The number of nitro benzene ring substituents is 1. The number of hydrogen-bond acceptors (Lipinski definition) is 5. The molecule has 1 rings (SSSR count). The van der Waals surface area contributed by atoms with Gasteiger partial charge in [-0.25, -0.2) is 0 Å². The van der Waals surface area contributed by atoms with E-state index in [0.29, 0.717) is 0 Å². The van der Waals surface area contributed by atoms with Crippen LogP contribution in [0.4, 0.5) is 5.69 Å². The van der Waals surface area contributed by atoms with Gasteiger partial charge < -0.3 is 15.2 Å². The Bertz CT molecular complexity index is 480. The number of amides is 1. The Morgan fingerprint density at radius 2 is 2.32 bits per heavy atom. The molecule has 1 aromatic rings. The average molecular weight is 289 g/mol. The Kier molecular flexibility index (Phi) is 5.68. The summed E-state index contributed by atoms with van der Waals surface area (Å²) in [5.41, 5.74) is -0.257. The Morgan fingerprint density at radius 1 is 1.63 bits per heavy atom. The van der Waals surface area contributed by atoms with Gasteiger partial charge in [-0.05, 0) is 6.07 Å². The highest BCUT2D eigenvalue weighted by molar-refractivity contribution is 6.33. The smallest absolute Gasteiger partial charge is 0.270 e. The van der Waals surface area contributed by atoms with Crippen LogP contribution < -0.4 is 5.32 Å². The first-order chi connectivity index (χ1) is 8.99. The normalized spacial score (nSPS) is 11.9. The Balaban J connectivity index is 2.92. The van der Waals surface area contributed by atoms with Crippen molar-refractivity contribution in [3.63, 3.8) is 0 Å². The lowest BCUT2D eigenvalue weighted by Crippen LogP contribution is -2.40. The minimum Gasteiger partial charge on any atom is -0.394 e. The highest BCUT2D eigenvalue weighted by Crippen LogP contribution is 2.22. The number of carbonyl (C=O) groups excluding carboxylic acids is 1. The Labute approximate surface area is 114 Å². The third kappa shape index (κ3) is 4.16. The van der Waals surface area contributed by atoms with E-state index in [1.807, 2.05) is 0 Å². The molecule has 0 bridgehead atoms. The van der Waals surface area contributed by atoms with Crippen molar-refractivity contribution in [2.24, 2.45) is 0 Å². The molecule has 0 aliphatic rings.